The first kappa shape index (κ1) is 31.5. The van der Waals surface area contributed by atoms with Gasteiger partial charge in [0.25, 0.3) is 10.0 Å². The Morgan fingerprint density at radius 2 is 1.41 bits per heavy atom. The van der Waals surface area contributed by atoms with E-state index in [0.717, 1.165) is 21.9 Å². The second-order valence-electron chi connectivity index (χ2n) is 9.61. The van der Waals surface area contributed by atoms with E-state index in [1.165, 1.54) is 24.1 Å². The summed E-state index contributed by atoms with van der Waals surface area (Å²) >= 11 is 0. The van der Waals surface area contributed by atoms with Crippen molar-refractivity contribution in [2.45, 2.75) is 51.1 Å². The third-order valence-electron chi connectivity index (χ3n) is 6.70. The van der Waals surface area contributed by atoms with Crippen LogP contribution >= 0.6 is 0 Å². The fraction of sp³-hybridized carbons (Fsp3) is 0.355. The first-order chi connectivity index (χ1) is 19.6. The van der Waals surface area contributed by atoms with Gasteiger partial charge in [-0.15, -0.1) is 0 Å². The summed E-state index contributed by atoms with van der Waals surface area (Å²) in [5, 5.41) is 2.88. The largest absolute Gasteiger partial charge is 0.497 e. The fourth-order valence-corrected chi connectivity index (χ4v) is 5.74. The minimum Gasteiger partial charge on any atom is -0.497 e. The SMILES string of the molecule is CCCNC(=O)C(CC)N(Cc1ccc(OC)cc1)C(=O)CN(c1ccc(C)cc1)S(=O)(=O)c1ccc(OC)cc1. The Kier molecular flexibility index (Phi) is 11.2. The fourth-order valence-electron chi connectivity index (χ4n) is 4.33. The maximum atomic E-state index is 14.1. The molecule has 0 aliphatic heterocycles. The molecule has 0 radical (unpaired) electrons. The minimum atomic E-state index is -4.16. The van der Waals surface area contributed by atoms with Crippen LogP contribution in [0.2, 0.25) is 0 Å². The van der Waals surface area contributed by atoms with Crippen molar-refractivity contribution in [3.8, 4) is 11.5 Å². The van der Waals surface area contributed by atoms with Crippen molar-refractivity contribution in [2.75, 3.05) is 31.6 Å². The zero-order valence-corrected chi connectivity index (χ0v) is 25.1. The number of aryl methyl sites for hydroxylation is 1. The van der Waals surface area contributed by atoms with Gasteiger partial charge in [-0.3, -0.25) is 13.9 Å². The van der Waals surface area contributed by atoms with Crippen LogP contribution in [0.4, 0.5) is 5.69 Å². The molecule has 3 rings (SSSR count). The van der Waals surface area contributed by atoms with Gasteiger partial charge in [0.1, 0.15) is 24.1 Å². The van der Waals surface area contributed by atoms with Crippen molar-refractivity contribution in [1.29, 1.82) is 0 Å². The Bertz CT molecular complexity index is 1390. The molecular weight excluding hydrogens is 542 g/mol. The number of sulfonamides is 1. The van der Waals surface area contributed by atoms with Crippen LogP contribution in [0.5, 0.6) is 11.5 Å². The molecule has 0 spiro atoms. The van der Waals surface area contributed by atoms with Gasteiger partial charge in [-0.2, -0.15) is 0 Å². The Balaban J connectivity index is 2.04. The number of carbonyl (C=O) groups is 2. The molecule has 0 aliphatic carbocycles. The quantitative estimate of drug-likeness (QED) is 0.300. The highest BCUT2D eigenvalue weighted by atomic mass is 32.2. The van der Waals surface area contributed by atoms with Gasteiger partial charge in [-0.1, -0.05) is 43.7 Å². The average Bonchev–Trinajstić information content (AvgIpc) is 2.99. The van der Waals surface area contributed by atoms with Crippen LogP contribution in [-0.2, 0) is 26.2 Å². The van der Waals surface area contributed by atoms with E-state index >= 15 is 0 Å². The molecule has 3 aromatic carbocycles. The van der Waals surface area contributed by atoms with Gasteiger partial charge >= 0.3 is 0 Å². The van der Waals surface area contributed by atoms with Crippen molar-refractivity contribution in [1.82, 2.24) is 10.2 Å². The van der Waals surface area contributed by atoms with E-state index in [9.17, 15) is 18.0 Å². The van der Waals surface area contributed by atoms with Crippen LogP contribution < -0.4 is 19.1 Å². The standard InChI is InChI=1S/C31H39N3O6S/c1-6-20-32-31(36)29(7-2)33(21-24-10-14-26(39-4)15-11-24)30(35)22-34(25-12-8-23(3)9-13-25)41(37,38)28-18-16-27(40-5)17-19-28/h8-19,29H,6-7,20-22H2,1-5H3,(H,32,36). The van der Waals surface area contributed by atoms with E-state index in [4.69, 9.17) is 9.47 Å². The number of methoxy groups -OCH3 is 2. The molecule has 1 atom stereocenters. The lowest BCUT2D eigenvalue weighted by Gasteiger charge is -2.33. The number of anilines is 1. The van der Waals surface area contributed by atoms with Crippen LogP contribution in [-0.4, -0.2) is 58.5 Å². The van der Waals surface area contributed by atoms with Crippen molar-refractivity contribution in [3.63, 3.8) is 0 Å². The predicted octanol–water partition coefficient (Wildman–Crippen LogP) is 4.54. The predicted molar refractivity (Wildman–Crippen MR) is 160 cm³/mol. The molecule has 9 nitrogen and oxygen atoms in total. The third-order valence-corrected chi connectivity index (χ3v) is 8.48. The molecule has 1 N–H and O–H groups in total. The third kappa shape index (κ3) is 8.00. The first-order valence-corrected chi connectivity index (χ1v) is 15.0. The van der Waals surface area contributed by atoms with Crippen LogP contribution in [0.15, 0.2) is 77.7 Å². The number of benzene rings is 3. The molecule has 10 heteroatoms. The summed E-state index contributed by atoms with van der Waals surface area (Å²) in [5.41, 5.74) is 2.06. The van der Waals surface area contributed by atoms with Crippen LogP contribution in [0, 0.1) is 6.92 Å². The second kappa shape index (κ2) is 14.5. The highest BCUT2D eigenvalue weighted by Crippen LogP contribution is 2.26. The summed E-state index contributed by atoms with van der Waals surface area (Å²) in [6.07, 6.45) is 1.10. The molecule has 0 bridgehead atoms. The number of nitrogens with one attached hydrogen (secondary N) is 1. The normalized spacial score (nSPS) is 11.8. The summed E-state index contributed by atoms with van der Waals surface area (Å²) in [5.74, 6) is 0.389. The summed E-state index contributed by atoms with van der Waals surface area (Å²) in [4.78, 5) is 28.7. The van der Waals surface area contributed by atoms with E-state index in [-0.39, 0.29) is 17.3 Å². The number of hydrogen-bond acceptors (Lipinski definition) is 6. The monoisotopic (exact) mass is 581 g/mol. The number of rotatable bonds is 14. The molecule has 2 amide bonds. The van der Waals surface area contributed by atoms with E-state index in [1.54, 1.807) is 55.6 Å². The van der Waals surface area contributed by atoms with Gasteiger partial charge in [0.05, 0.1) is 24.8 Å². The second-order valence-corrected chi connectivity index (χ2v) is 11.5. The topological polar surface area (TPSA) is 105 Å². The molecule has 1 unspecified atom stereocenters. The van der Waals surface area contributed by atoms with Gasteiger partial charge in [0.2, 0.25) is 11.8 Å². The van der Waals surface area contributed by atoms with Gasteiger partial charge < -0.3 is 19.7 Å². The van der Waals surface area contributed by atoms with Crippen LogP contribution in [0.25, 0.3) is 0 Å². The van der Waals surface area contributed by atoms with Crippen LogP contribution in [0.3, 0.4) is 0 Å². The average molecular weight is 582 g/mol. The highest BCUT2D eigenvalue weighted by molar-refractivity contribution is 7.92. The van der Waals surface area contributed by atoms with Crippen molar-refractivity contribution in [2.24, 2.45) is 0 Å². The zero-order chi connectivity index (χ0) is 30.0. The Labute approximate surface area is 243 Å². The Morgan fingerprint density at radius 1 is 0.854 bits per heavy atom. The first-order valence-electron chi connectivity index (χ1n) is 13.6. The van der Waals surface area contributed by atoms with Crippen LogP contribution in [0.1, 0.15) is 37.8 Å². The highest BCUT2D eigenvalue weighted by Gasteiger charge is 2.33. The number of hydrogen-bond donors (Lipinski definition) is 1. The van der Waals surface area contributed by atoms with E-state index in [1.807, 2.05) is 32.9 Å². The zero-order valence-electron chi connectivity index (χ0n) is 24.3. The molecule has 0 aliphatic rings. The number of ether oxygens (including phenoxy) is 2. The molecule has 0 saturated heterocycles. The maximum Gasteiger partial charge on any atom is 0.264 e. The van der Waals surface area contributed by atoms with Crippen molar-refractivity contribution in [3.05, 3.63) is 83.9 Å². The lowest BCUT2D eigenvalue weighted by molar-refractivity contribution is -0.140. The number of nitrogens with zero attached hydrogens (tertiary/aromatic N) is 2. The van der Waals surface area contributed by atoms with Crippen molar-refractivity contribution < 1.29 is 27.5 Å². The van der Waals surface area contributed by atoms with E-state index in [2.05, 4.69) is 5.32 Å². The smallest absolute Gasteiger partial charge is 0.264 e. The summed E-state index contributed by atoms with van der Waals surface area (Å²) in [7, 11) is -1.09. The molecule has 0 aromatic heterocycles. The van der Waals surface area contributed by atoms with Gasteiger partial charge in [-0.25, -0.2) is 8.42 Å². The lowest BCUT2D eigenvalue weighted by Crippen LogP contribution is -2.52. The molecule has 0 saturated carbocycles. The summed E-state index contributed by atoms with van der Waals surface area (Å²) < 4.78 is 39.4. The molecular formula is C31H39N3O6S. The molecule has 0 heterocycles. The number of carbonyl (C=O) groups excluding carboxylic acids is 2. The van der Waals surface area contributed by atoms with E-state index < -0.39 is 28.5 Å². The van der Waals surface area contributed by atoms with Gasteiger partial charge in [-0.05, 0) is 73.9 Å². The minimum absolute atomic E-state index is 0.0149. The van der Waals surface area contributed by atoms with Gasteiger partial charge in [0, 0.05) is 13.1 Å². The van der Waals surface area contributed by atoms with Crippen molar-refractivity contribution >= 4 is 27.5 Å². The summed E-state index contributed by atoms with van der Waals surface area (Å²) in [6.45, 7) is 5.77. The Hall–Kier alpha value is -4.05. The van der Waals surface area contributed by atoms with E-state index in [0.29, 0.717) is 30.2 Å². The summed E-state index contributed by atoms with van der Waals surface area (Å²) in [6, 6.07) is 19.3. The number of amides is 2. The maximum absolute atomic E-state index is 14.1. The molecule has 3 aromatic rings. The Morgan fingerprint density at radius 3 is 1.93 bits per heavy atom. The molecule has 220 valence electrons. The molecule has 41 heavy (non-hydrogen) atoms. The lowest BCUT2D eigenvalue weighted by atomic mass is 10.1. The van der Waals surface area contributed by atoms with Gasteiger partial charge in [0.15, 0.2) is 0 Å². The molecule has 0 fully saturated rings.